The average Bonchev–Trinajstić information content (AvgIpc) is 2.26. The summed E-state index contributed by atoms with van der Waals surface area (Å²) in [6.07, 6.45) is 1.18. The molecule has 0 fully saturated rings. The SMILES string of the molecule is CN(CCCNC(C)(C)C)Cc1ccc(Br)cc1. The lowest BCUT2D eigenvalue weighted by Crippen LogP contribution is -2.37. The zero-order valence-electron chi connectivity index (χ0n) is 12.0. The van der Waals surface area contributed by atoms with E-state index in [9.17, 15) is 0 Å². The van der Waals surface area contributed by atoms with Crippen molar-refractivity contribution in [1.82, 2.24) is 10.2 Å². The molecular formula is C15H25BrN2. The number of benzene rings is 1. The van der Waals surface area contributed by atoms with Gasteiger partial charge in [0.15, 0.2) is 0 Å². The van der Waals surface area contributed by atoms with Crippen LogP contribution in [0.3, 0.4) is 0 Å². The molecule has 102 valence electrons. The molecule has 0 radical (unpaired) electrons. The molecule has 0 aliphatic rings. The van der Waals surface area contributed by atoms with Crippen LogP contribution >= 0.6 is 15.9 Å². The van der Waals surface area contributed by atoms with Gasteiger partial charge in [0.05, 0.1) is 0 Å². The third kappa shape index (κ3) is 7.14. The van der Waals surface area contributed by atoms with Crippen LogP contribution in [0.1, 0.15) is 32.8 Å². The monoisotopic (exact) mass is 312 g/mol. The first-order chi connectivity index (χ1) is 8.37. The molecule has 0 saturated heterocycles. The average molecular weight is 313 g/mol. The third-order valence-electron chi connectivity index (χ3n) is 2.74. The van der Waals surface area contributed by atoms with Crippen molar-refractivity contribution < 1.29 is 0 Å². The van der Waals surface area contributed by atoms with Gasteiger partial charge in [0.1, 0.15) is 0 Å². The topological polar surface area (TPSA) is 15.3 Å². The van der Waals surface area contributed by atoms with Crippen molar-refractivity contribution in [2.45, 2.75) is 39.3 Å². The van der Waals surface area contributed by atoms with Gasteiger partial charge in [-0.25, -0.2) is 0 Å². The number of halogens is 1. The zero-order chi connectivity index (χ0) is 13.6. The van der Waals surface area contributed by atoms with Gasteiger partial charge in [-0.1, -0.05) is 28.1 Å². The zero-order valence-corrected chi connectivity index (χ0v) is 13.5. The molecule has 3 heteroatoms. The van der Waals surface area contributed by atoms with E-state index in [4.69, 9.17) is 0 Å². The van der Waals surface area contributed by atoms with E-state index >= 15 is 0 Å². The van der Waals surface area contributed by atoms with Gasteiger partial charge in [-0.05, 0) is 65.0 Å². The second-order valence-corrected chi connectivity index (χ2v) is 6.81. The highest BCUT2D eigenvalue weighted by Crippen LogP contribution is 2.11. The van der Waals surface area contributed by atoms with E-state index < -0.39 is 0 Å². The Labute approximate surface area is 120 Å². The Morgan fingerprint density at radius 1 is 1.17 bits per heavy atom. The quantitative estimate of drug-likeness (QED) is 0.806. The van der Waals surface area contributed by atoms with Crippen molar-refractivity contribution in [1.29, 1.82) is 0 Å². The predicted molar refractivity (Wildman–Crippen MR) is 82.8 cm³/mol. The first-order valence-corrected chi connectivity index (χ1v) is 7.34. The van der Waals surface area contributed by atoms with Gasteiger partial charge in [0.25, 0.3) is 0 Å². The summed E-state index contributed by atoms with van der Waals surface area (Å²) in [4.78, 5) is 2.37. The van der Waals surface area contributed by atoms with E-state index in [0.717, 1.165) is 24.1 Å². The van der Waals surface area contributed by atoms with Gasteiger partial charge in [0.2, 0.25) is 0 Å². The maximum atomic E-state index is 3.52. The van der Waals surface area contributed by atoms with E-state index in [2.05, 4.69) is 78.2 Å². The lowest BCUT2D eigenvalue weighted by atomic mass is 10.1. The Kier molecular flexibility index (Phi) is 6.33. The smallest absolute Gasteiger partial charge is 0.0230 e. The standard InChI is InChI=1S/C15H25BrN2/c1-15(2,3)17-10-5-11-18(4)12-13-6-8-14(16)9-7-13/h6-9,17H,5,10-12H2,1-4H3. The molecule has 1 aromatic carbocycles. The highest BCUT2D eigenvalue weighted by molar-refractivity contribution is 9.10. The molecule has 0 aromatic heterocycles. The maximum Gasteiger partial charge on any atom is 0.0230 e. The van der Waals surface area contributed by atoms with Gasteiger partial charge < -0.3 is 10.2 Å². The van der Waals surface area contributed by atoms with Gasteiger partial charge in [0, 0.05) is 16.6 Å². The second kappa shape index (κ2) is 7.27. The minimum atomic E-state index is 0.226. The van der Waals surface area contributed by atoms with Crippen molar-refractivity contribution in [3.8, 4) is 0 Å². The number of hydrogen-bond acceptors (Lipinski definition) is 2. The Morgan fingerprint density at radius 3 is 2.33 bits per heavy atom. The van der Waals surface area contributed by atoms with Crippen LogP contribution in [0.15, 0.2) is 28.7 Å². The van der Waals surface area contributed by atoms with Crippen molar-refractivity contribution in [2.24, 2.45) is 0 Å². The fourth-order valence-electron chi connectivity index (χ4n) is 1.79. The number of nitrogens with zero attached hydrogens (tertiary/aromatic N) is 1. The van der Waals surface area contributed by atoms with E-state index in [1.807, 2.05) is 0 Å². The molecule has 0 aliphatic heterocycles. The molecular weight excluding hydrogens is 288 g/mol. The molecule has 0 unspecified atom stereocenters. The molecule has 0 amide bonds. The Hall–Kier alpha value is -0.380. The van der Waals surface area contributed by atoms with Crippen LogP contribution in [0, 0.1) is 0 Å². The minimum absolute atomic E-state index is 0.226. The Balaban J connectivity index is 2.21. The lowest BCUT2D eigenvalue weighted by molar-refractivity contribution is 0.310. The summed E-state index contributed by atoms with van der Waals surface area (Å²) < 4.78 is 1.14. The molecule has 0 saturated carbocycles. The number of rotatable bonds is 6. The van der Waals surface area contributed by atoms with Gasteiger partial charge in [-0.15, -0.1) is 0 Å². The van der Waals surface area contributed by atoms with Crippen molar-refractivity contribution in [2.75, 3.05) is 20.1 Å². The maximum absolute atomic E-state index is 3.52. The normalized spacial score (nSPS) is 12.1. The van der Waals surface area contributed by atoms with Crippen molar-refractivity contribution in [3.05, 3.63) is 34.3 Å². The summed E-state index contributed by atoms with van der Waals surface area (Å²) in [5, 5.41) is 3.52. The summed E-state index contributed by atoms with van der Waals surface area (Å²) >= 11 is 3.46. The van der Waals surface area contributed by atoms with Gasteiger partial charge in [-0.2, -0.15) is 0 Å². The summed E-state index contributed by atoms with van der Waals surface area (Å²) in [5.41, 5.74) is 1.59. The fraction of sp³-hybridized carbons (Fsp3) is 0.600. The molecule has 2 nitrogen and oxygen atoms in total. The summed E-state index contributed by atoms with van der Waals surface area (Å²) in [7, 11) is 2.18. The second-order valence-electron chi connectivity index (χ2n) is 5.89. The lowest BCUT2D eigenvalue weighted by Gasteiger charge is -2.22. The minimum Gasteiger partial charge on any atom is -0.312 e. The number of hydrogen-bond donors (Lipinski definition) is 1. The molecule has 0 atom stereocenters. The summed E-state index contributed by atoms with van der Waals surface area (Å²) in [5.74, 6) is 0. The van der Waals surface area contributed by atoms with Crippen LogP contribution in [0.2, 0.25) is 0 Å². The molecule has 1 N–H and O–H groups in total. The van der Waals surface area contributed by atoms with Crippen LogP contribution in [-0.2, 0) is 6.54 Å². The molecule has 0 aliphatic carbocycles. The van der Waals surface area contributed by atoms with Crippen LogP contribution < -0.4 is 5.32 Å². The van der Waals surface area contributed by atoms with Crippen molar-refractivity contribution >= 4 is 15.9 Å². The van der Waals surface area contributed by atoms with Crippen molar-refractivity contribution in [3.63, 3.8) is 0 Å². The van der Waals surface area contributed by atoms with Gasteiger partial charge >= 0.3 is 0 Å². The highest BCUT2D eigenvalue weighted by Gasteiger charge is 2.07. The van der Waals surface area contributed by atoms with E-state index in [1.165, 1.54) is 12.0 Å². The fourth-order valence-corrected chi connectivity index (χ4v) is 2.06. The molecule has 0 heterocycles. The Morgan fingerprint density at radius 2 is 1.78 bits per heavy atom. The van der Waals surface area contributed by atoms with Crippen LogP contribution in [0.25, 0.3) is 0 Å². The van der Waals surface area contributed by atoms with E-state index in [1.54, 1.807) is 0 Å². The third-order valence-corrected chi connectivity index (χ3v) is 3.27. The van der Waals surface area contributed by atoms with Crippen LogP contribution in [-0.4, -0.2) is 30.6 Å². The molecule has 0 spiro atoms. The largest absolute Gasteiger partial charge is 0.312 e. The molecule has 0 bridgehead atoms. The first-order valence-electron chi connectivity index (χ1n) is 6.55. The summed E-state index contributed by atoms with van der Waals surface area (Å²) in [6.45, 7) is 9.84. The van der Waals surface area contributed by atoms with E-state index in [-0.39, 0.29) is 5.54 Å². The number of nitrogens with one attached hydrogen (secondary N) is 1. The van der Waals surface area contributed by atoms with E-state index in [0.29, 0.717) is 0 Å². The molecule has 18 heavy (non-hydrogen) atoms. The summed E-state index contributed by atoms with van der Waals surface area (Å²) in [6, 6.07) is 8.55. The highest BCUT2D eigenvalue weighted by atomic mass is 79.9. The molecule has 1 aromatic rings. The first kappa shape index (κ1) is 15.7. The van der Waals surface area contributed by atoms with Crippen LogP contribution in [0.4, 0.5) is 0 Å². The van der Waals surface area contributed by atoms with Gasteiger partial charge in [-0.3, -0.25) is 0 Å². The van der Waals surface area contributed by atoms with Crippen LogP contribution in [0.5, 0.6) is 0 Å². The predicted octanol–water partition coefficient (Wildman–Crippen LogP) is 3.66. The Bertz CT molecular complexity index is 341. The molecule has 1 rings (SSSR count).